The summed E-state index contributed by atoms with van der Waals surface area (Å²) in [6.45, 7) is 0.0875. The van der Waals surface area contributed by atoms with Gasteiger partial charge >= 0.3 is 0 Å². The zero-order valence-electron chi connectivity index (χ0n) is 9.16. The van der Waals surface area contributed by atoms with Crippen LogP contribution in [0.25, 0.3) is 11.1 Å². The van der Waals surface area contributed by atoms with Gasteiger partial charge in [0.2, 0.25) is 0 Å². The van der Waals surface area contributed by atoms with Crippen LogP contribution >= 0.6 is 11.6 Å². The Morgan fingerprint density at radius 2 is 1.94 bits per heavy atom. The molecule has 1 nitrogen and oxygen atoms in total. The molecule has 0 amide bonds. The molecule has 0 radical (unpaired) electrons. The molecule has 0 fully saturated rings. The summed E-state index contributed by atoms with van der Waals surface area (Å²) >= 11 is 6.10. The zero-order chi connectivity index (χ0) is 12.3. The molecule has 2 rings (SSSR count). The van der Waals surface area contributed by atoms with Crippen LogP contribution in [0.2, 0.25) is 5.02 Å². The molecule has 17 heavy (non-hydrogen) atoms. The van der Waals surface area contributed by atoms with Crippen molar-refractivity contribution in [2.45, 2.75) is 6.42 Å². The first-order chi connectivity index (χ1) is 8.20. The molecule has 0 unspecified atom stereocenters. The molecule has 0 aliphatic heterocycles. The first-order valence-corrected chi connectivity index (χ1v) is 5.74. The summed E-state index contributed by atoms with van der Waals surface area (Å²) in [6.07, 6.45) is 0.569. The molecule has 0 atom stereocenters. The third-order valence-corrected chi connectivity index (χ3v) is 2.90. The first-order valence-electron chi connectivity index (χ1n) is 5.36. The van der Waals surface area contributed by atoms with Gasteiger partial charge in [-0.15, -0.1) is 0 Å². The molecular weight excluding hydrogens is 239 g/mol. The van der Waals surface area contributed by atoms with Crippen molar-refractivity contribution >= 4 is 11.6 Å². The second-order valence-corrected chi connectivity index (χ2v) is 4.21. The van der Waals surface area contributed by atoms with Crippen molar-refractivity contribution in [2.75, 3.05) is 6.61 Å². The highest BCUT2D eigenvalue weighted by atomic mass is 35.5. The maximum atomic E-state index is 13.2. The average molecular weight is 251 g/mol. The highest BCUT2D eigenvalue weighted by molar-refractivity contribution is 6.33. The summed E-state index contributed by atoms with van der Waals surface area (Å²) in [5.41, 5.74) is 2.52. The van der Waals surface area contributed by atoms with Gasteiger partial charge in [0.15, 0.2) is 0 Å². The second-order valence-electron chi connectivity index (χ2n) is 3.80. The van der Waals surface area contributed by atoms with E-state index in [1.54, 1.807) is 12.1 Å². The van der Waals surface area contributed by atoms with E-state index in [9.17, 15) is 4.39 Å². The Morgan fingerprint density at radius 1 is 1.12 bits per heavy atom. The third-order valence-electron chi connectivity index (χ3n) is 2.57. The number of halogens is 2. The highest BCUT2D eigenvalue weighted by Crippen LogP contribution is 2.29. The summed E-state index contributed by atoms with van der Waals surface area (Å²) in [7, 11) is 0. The Balaban J connectivity index is 2.46. The van der Waals surface area contributed by atoms with E-state index in [4.69, 9.17) is 16.7 Å². The van der Waals surface area contributed by atoms with Crippen molar-refractivity contribution in [3.8, 4) is 11.1 Å². The van der Waals surface area contributed by atoms with Gasteiger partial charge in [0, 0.05) is 17.2 Å². The minimum atomic E-state index is -0.286. The molecule has 0 aliphatic carbocycles. The molecule has 3 heteroatoms. The quantitative estimate of drug-likeness (QED) is 0.881. The van der Waals surface area contributed by atoms with Gasteiger partial charge < -0.3 is 5.11 Å². The van der Waals surface area contributed by atoms with Gasteiger partial charge in [-0.05, 0) is 41.8 Å². The normalized spacial score (nSPS) is 10.5. The zero-order valence-corrected chi connectivity index (χ0v) is 9.91. The molecule has 0 spiro atoms. The number of hydrogen-bond acceptors (Lipinski definition) is 1. The highest BCUT2D eigenvalue weighted by Gasteiger charge is 2.05. The molecule has 0 heterocycles. The lowest BCUT2D eigenvalue weighted by molar-refractivity contribution is 0.299. The van der Waals surface area contributed by atoms with Crippen LogP contribution in [-0.4, -0.2) is 11.7 Å². The van der Waals surface area contributed by atoms with Crippen LogP contribution in [0.1, 0.15) is 5.56 Å². The van der Waals surface area contributed by atoms with E-state index in [0.717, 1.165) is 16.7 Å². The van der Waals surface area contributed by atoms with Gasteiger partial charge in [-0.25, -0.2) is 4.39 Å². The fourth-order valence-electron chi connectivity index (χ4n) is 1.73. The molecule has 0 aliphatic rings. The van der Waals surface area contributed by atoms with Crippen LogP contribution in [0.5, 0.6) is 0 Å². The minimum Gasteiger partial charge on any atom is -0.396 e. The van der Waals surface area contributed by atoms with Gasteiger partial charge in [0.1, 0.15) is 5.82 Å². The maximum absolute atomic E-state index is 13.2. The maximum Gasteiger partial charge on any atom is 0.123 e. The van der Waals surface area contributed by atoms with Crippen molar-refractivity contribution in [2.24, 2.45) is 0 Å². The third kappa shape index (κ3) is 2.84. The molecule has 0 aromatic heterocycles. The Bertz CT molecular complexity index is 525. The van der Waals surface area contributed by atoms with Crippen LogP contribution in [-0.2, 0) is 6.42 Å². The minimum absolute atomic E-state index is 0.0875. The molecular formula is C14H12ClFO. The number of hydrogen-bond donors (Lipinski definition) is 1. The van der Waals surface area contributed by atoms with E-state index in [1.807, 2.05) is 18.2 Å². The van der Waals surface area contributed by atoms with Crippen molar-refractivity contribution < 1.29 is 9.50 Å². The van der Waals surface area contributed by atoms with Crippen molar-refractivity contribution in [3.05, 3.63) is 58.9 Å². The van der Waals surface area contributed by atoms with E-state index in [1.165, 1.54) is 12.1 Å². The van der Waals surface area contributed by atoms with Gasteiger partial charge in [0.05, 0.1) is 0 Å². The molecule has 2 aromatic carbocycles. The lowest BCUT2D eigenvalue weighted by Crippen LogP contribution is -1.91. The number of benzene rings is 2. The predicted molar refractivity (Wildman–Crippen MR) is 67.6 cm³/mol. The largest absolute Gasteiger partial charge is 0.396 e. The van der Waals surface area contributed by atoms with Crippen molar-refractivity contribution in [1.29, 1.82) is 0 Å². The molecule has 2 aromatic rings. The fourth-order valence-corrected chi connectivity index (χ4v) is 1.96. The number of aliphatic hydroxyl groups is 1. The smallest absolute Gasteiger partial charge is 0.123 e. The first kappa shape index (κ1) is 12.1. The Hall–Kier alpha value is -1.38. The summed E-state index contributed by atoms with van der Waals surface area (Å²) < 4.78 is 13.2. The van der Waals surface area contributed by atoms with Crippen LogP contribution < -0.4 is 0 Å². The standard InChI is InChI=1S/C14H12ClFO/c15-14-5-4-10(6-7-17)8-13(14)11-2-1-3-12(16)9-11/h1-5,8-9,17H,6-7H2. The van der Waals surface area contributed by atoms with Gasteiger partial charge in [0.25, 0.3) is 0 Å². The SMILES string of the molecule is OCCc1ccc(Cl)c(-c2cccc(F)c2)c1. The molecule has 0 saturated carbocycles. The van der Waals surface area contributed by atoms with E-state index in [0.29, 0.717) is 11.4 Å². The van der Waals surface area contributed by atoms with Gasteiger partial charge in [-0.1, -0.05) is 29.8 Å². The Labute approximate surface area is 104 Å². The molecule has 1 N–H and O–H groups in total. The van der Waals surface area contributed by atoms with Gasteiger partial charge in [-0.3, -0.25) is 0 Å². The Kier molecular flexibility index (Phi) is 3.77. The summed E-state index contributed by atoms with van der Waals surface area (Å²) in [5, 5.41) is 9.48. The van der Waals surface area contributed by atoms with E-state index in [2.05, 4.69) is 0 Å². The average Bonchev–Trinajstić information content (AvgIpc) is 2.32. The van der Waals surface area contributed by atoms with Crippen LogP contribution in [0.4, 0.5) is 4.39 Å². The van der Waals surface area contributed by atoms with Crippen LogP contribution in [0, 0.1) is 5.82 Å². The number of rotatable bonds is 3. The molecule has 0 bridgehead atoms. The lowest BCUT2D eigenvalue weighted by Gasteiger charge is -2.07. The molecule has 0 saturated heterocycles. The van der Waals surface area contributed by atoms with E-state index < -0.39 is 0 Å². The summed E-state index contributed by atoms with van der Waals surface area (Å²) in [6, 6.07) is 11.8. The lowest BCUT2D eigenvalue weighted by atomic mass is 10.0. The summed E-state index contributed by atoms with van der Waals surface area (Å²) in [4.78, 5) is 0. The van der Waals surface area contributed by atoms with Crippen molar-refractivity contribution in [3.63, 3.8) is 0 Å². The van der Waals surface area contributed by atoms with Gasteiger partial charge in [-0.2, -0.15) is 0 Å². The molecule has 88 valence electrons. The Morgan fingerprint density at radius 3 is 2.65 bits per heavy atom. The number of aliphatic hydroxyl groups excluding tert-OH is 1. The van der Waals surface area contributed by atoms with E-state index >= 15 is 0 Å². The monoisotopic (exact) mass is 250 g/mol. The van der Waals surface area contributed by atoms with Crippen LogP contribution in [0.3, 0.4) is 0 Å². The fraction of sp³-hybridized carbons (Fsp3) is 0.143. The predicted octanol–water partition coefficient (Wildman–Crippen LogP) is 3.68. The van der Waals surface area contributed by atoms with Crippen LogP contribution in [0.15, 0.2) is 42.5 Å². The second kappa shape index (κ2) is 5.30. The topological polar surface area (TPSA) is 20.2 Å². The van der Waals surface area contributed by atoms with E-state index in [-0.39, 0.29) is 12.4 Å². The van der Waals surface area contributed by atoms with Crippen molar-refractivity contribution in [1.82, 2.24) is 0 Å². The summed E-state index contributed by atoms with van der Waals surface area (Å²) in [5.74, 6) is -0.286.